The van der Waals surface area contributed by atoms with Crippen LogP contribution in [0.3, 0.4) is 0 Å². The average molecular weight is 261 g/mol. The van der Waals surface area contributed by atoms with E-state index in [0.717, 1.165) is 5.69 Å². The van der Waals surface area contributed by atoms with Gasteiger partial charge in [0.25, 0.3) is 0 Å². The van der Waals surface area contributed by atoms with E-state index in [9.17, 15) is 9.59 Å². The Morgan fingerprint density at radius 3 is 2.26 bits per heavy atom. The molecule has 0 radical (unpaired) electrons. The molecule has 1 saturated heterocycles. The molecule has 1 heterocycles. The molecule has 0 saturated carbocycles. The normalized spacial score (nSPS) is 21.4. The number of carboxylic acids is 1. The summed E-state index contributed by atoms with van der Waals surface area (Å²) in [7, 11) is 0. The molecule has 2 rings (SSSR count). The minimum absolute atomic E-state index is 0.0376. The summed E-state index contributed by atoms with van der Waals surface area (Å²) in [5, 5.41) is 9.16. The van der Waals surface area contributed by atoms with E-state index in [4.69, 9.17) is 5.11 Å². The van der Waals surface area contributed by atoms with Gasteiger partial charge in [-0.15, -0.1) is 0 Å². The second-order valence-corrected chi connectivity index (χ2v) is 5.77. The molecule has 1 N–H and O–H groups in total. The van der Waals surface area contributed by atoms with Crippen LogP contribution in [0.15, 0.2) is 24.3 Å². The quantitative estimate of drug-likeness (QED) is 0.850. The standard InChI is InChI=1S/C15H19NO3/c1-10(17)11-4-6-13(7-5-11)16-9-12(14(18)19)8-15(16,2)3/h4-7,12H,8-9H2,1-3H3,(H,18,19). The van der Waals surface area contributed by atoms with Crippen molar-refractivity contribution in [2.24, 2.45) is 5.92 Å². The van der Waals surface area contributed by atoms with Gasteiger partial charge in [0.15, 0.2) is 5.78 Å². The van der Waals surface area contributed by atoms with E-state index in [-0.39, 0.29) is 17.2 Å². The van der Waals surface area contributed by atoms with Crippen LogP contribution in [0.5, 0.6) is 0 Å². The number of carboxylic acid groups (broad SMARTS) is 1. The smallest absolute Gasteiger partial charge is 0.308 e. The second kappa shape index (κ2) is 4.68. The summed E-state index contributed by atoms with van der Waals surface area (Å²) in [6.45, 7) is 6.15. The highest BCUT2D eigenvalue weighted by atomic mass is 16.4. The van der Waals surface area contributed by atoms with Crippen LogP contribution in [0, 0.1) is 5.92 Å². The zero-order chi connectivity index (χ0) is 14.2. The van der Waals surface area contributed by atoms with Crippen LogP contribution in [0.2, 0.25) is 0 Å². The van der Waals surface area contributed by atoms with Gasteiger partial charge in [0.05, 0.1) is 5.92 Å². The number of nitrogens with zero attached hydrogens (tertiary/aromatic N) is 1. The number of benzene rings is 1. The third kappa shape index (κ3) is 2.62. The lowest BCUT2D eigenvalue weighted by Gasteiger charge is -2.33. The molecule has 1 atom stereocenters. The molecule has 0 amide bonds. The number of ketones is 1. The van der Waals surface area contributed by atoms with E-state index >= 15 is 0 Å². The lowest BCUT2D eigenvalue weighted by atomic mass is 9.96. The van der Waals surface area contributed by atoms with Crippen LogP contribution in [0.1, 0.15) is 37.6 Å². The Labute approximate surface area is 113 Å². The van der Waals surface area contributed by atoms with Crippen LogP contribution in [-0.4, -0.2) is 28.9 Å². The van der Waals surface area contributed by atoms with Gasteiger partial charge in [-0.1, -0.05) is 0 Å². The molecule has 1 fully saturated rings. The van der Waals surface area contributed by atoms with Crippen molar-refractivity contribution in [3.63, 3.8) is 0 Å². The Bertz CT molecular complexity index is 505. The third-order valence-corrected chi connectivity index (χ3v) is 3.81. The molecular weight excluding hydrogens is 242 g/mol. The molecule has 1 unspecified atom stereocenters. The van der Waals surface area contributed by atoms with Gasteiger partial charge in [0.1, 0.15) is 0 Å². The number of anilines is 1. The van der Waals surface area contributed by atoms with E-state index in [2.05, 4.69) is 18.7 Å². The topological polar surface area (TPSA) is 57.6 Å². The molecule has 1 aromatic rings. The van der Waals surface area contributed by atoms with Crippen molar-refractivity contribution < 1.29 is 14.7 Å². The SMILES string of the molecule is CC(=O)c1ccc(N2CC(C(=O)O)CC2(C)C)cc1. The number of hydrogen-bond donors (Lipinski definition) is 1. The van der Waals surface area contributed by atoms with Crippen LogP contribution in [0.4, 0.5) is 5.69 Å². The first kappa shape index (κ1) is 13.6. The molecule has 4 heteroatoms. The fraction of sp³-hybridized carbons (Fsp3) is 0.467. The minimum atomic E-state index is -0.740. The predicted molar refractivity (Wildman–Crippen MR) is 73.6 cm³/mol. The van der Waals surface area contributed by atoms with Crippen molar-refractivity contribution in [3.05, 3.63) is 29.8 Å². The first-order chi connectivity index (χ1) is 8.81. The maximum atomic E-state index is 11.3. The van der Waals surface area contributed by atoms with E-state index in [1.54, 1.807) is 12.1 Å². The number of carbonyl (C=O) groups excluding carboxylic acids is 1. The molecular formula is C15H19NO3. The minimum Gasteiger partial charge on any atom is -0.481 e. The van der Waals surface area contributed by atoms with Gasteiger partial charge in [0.2, 0.25) is 0 Å². The molecule has 0 spiro atoms. The molecule has 1 aliphatic heterocycles. The monoisotopic (exact) mass is 261 g/mol. The molecule has 1 aliphatic rings. The number of hydrogen-bond acceptors (Lipinski definition) is 3. The van der Waals surface area contributed by atoms with Crippen molar-refractivity contribution in [2.75, 3.05) is 11.4 Å². The fourth-order valence-corrected chi connectivity index (χ4v) is 2.74. The third-order valence-electron chi connectivity index (χ3n) is 3.81. The molecule has 0 aliphatic carbocycles. The Balaban J connectivity index is 2.26. The summed E-state index contributed by atoms with van der Waals surface area (Å²) in [6.07, 6.45) is 0.636. The van der Waals surface area contributed by atoms with E-state index < -0.39 is 5.97 Å². The van der Waals surface area contributed by atoms with Gasteiger partial charge in [-0.25, -0.2) is 0 Å². The van der Waals surface area contributed by atoms with Crippen LogP contribution >= 0.6 is 0 Å². The van der Waals surface area contributed by atoms with E-state index in [0.29, 0.717) is 18.5 Å². The number of Topliss-reactive ketones (excluding diaryl/α,β-unsaturated/α-hetero) is 1. The van der Waals surface area contributed by atoms with Gasteiger partial charge in [0, 0.05) is 23.3 Å². The Morgan fingerprint density at radius 1 is 1.26 bits per heavy atom. The van der Waals surface area contributed by atoms with Crippen molar-refractivity contribution >= 4 is 17.4 Å². The van der Waals surface area contributed by atoms with Crippen LogP contribution < -0.4 is 4.90 Å². The summed E-state index contributed by atoms with van der Waals surface area (Å²) in [4.78, 5) is 24.5. The van der Waals surface area contributed by atoms with E-state index in [1.165, 1.54) is 6.92 Å². The summed E-state index contributed by atoms with van der Waals surface area (Å²) < 4.78 is 0. The predicted octanol–water partition coefficient (Wildman–Crippen LogP) is 2.58. The summed E-state index contributed by atoms with van der Waals surface area (Å²) in [5.41, 5.74) is 1.47. The number of aliphatic carboxylic acids is 1. The fourth-order valence-electron chi connectivity index (χ4n) is 2.74. The highest BCUT2D eigenvalue weighted by Crippen LogP contribution is 2.36. The molecule has 19 heavy (non-hydrogen) atoms. The van der Waals surface area contributed by atoms with Gasteiger partial charge in [-0.05, 0) is 51.5 Å². The average Bonchev–Trinajstić information content (AvgIpc) is 2.65. The van der Waals surface area contributed by atoms with Gasteiger partial charge in [-0.3, -0.25) is 9.59 Å². The zero-order valence-corrected chi connectivity index (χ0v) is 11.5. The lowest BCUT2D eigenvalue weighted by Crippen LogP contribution is -2.38. The first-order valence-electron chi connectivity index (χ1n) is 6.43. The van der Waals surface area contributed by atoms with Crippen molar-refractivity contribution in [3.8, 4) is 0 Å². The van der Waals surface area contributed by atoms with Crippen molar-refractivity contribution in [1.82, 2.24) is 0 Å². The largest absolute Gasteiger partial charge is 0.481 e. The number of carbonyl (C=O) groups is 2. The molecule has 1 aromatic carbocycles. The van der Waals surface area contributed by atoms with Gasteiger partial charge >= 0.3 is 5.97 Å². The number of rotatable bonds is 3. The second-order valence-electron chi connectivity index (χ2n) is 5.77. The van der Waals surface area contributed by atoms with E-state index in [1.807, 2.05) is 12.1 Å². The highest BCUT2D eigenvalue weighted by molar-refractivity contribution is 5.94. The summed E-state index contributed by atoms with van der Waals surface area (Å²) in [5.74, 6) is -1.03. The first-order valence-corrected chi connectivity index (χ1v) is 6.43. The maximum absolute atomic E-state index is 11.3. The van der Waals surface area contributed by atoms with Gasteiger partial charge in [-0.2, -0.15) is 0 Å². The summed E-state index contributed by atoms with van der Waals surface area (Å²) in [6, 6.07) is 7.37. The lowest BCUT2D eigenvalue weighted by molar-refractivity contribution is -0.141. The Kier molecular flexibility index (Phi) is 3.35. The van der Waals surface area contributed by atoms with Crippen molar-refractivity contribution in [2.45, 2.75) is 32.7 Å². The van der Waals surface area contributed by atoms with Crippen molar-refractivity contribution in [1.29, 1.82) is 0 Å². The Morgan fingerprint density at radius 2 is 1.84 bits per heavy atom. The van der Waals surface area contributed by atoms with Crippen LogP contribution in [0.25, 0.3) is 0 Å². The molecule has 4 nitrogen and oxygen atoms in total. The molecule has 0 aromatic heterocycles. The van der Waals surface area contributed by atoms with Gasteiger partial charge < -0.3 is 10.0 Å². The molecule has 102 valence electrons. The Hall–Kier alpha value is -1.84. The zero-order valence-electron chi connectivity index (χ0n) is 11.5. The molecule has 0 bridgehead atoms. The highest BCUT2D eigenvalue weighted by Gasteiger charge is 2.41. The van der Waals surface area contributed by atoms with Crippen LogP contribution in [-0.2, 0) is 4.79 Å². The maximum Gasteiger partial charge on any atom is 0.308 e. The summed E-state index contributed by atoms with van der Waals surface area (Å²) >= 11 is 0.